The van der Waals surface area contributed by atoms with Crippen molar-refractivity contribution in [2.45, 2.75) is 6.92 Å². The molecule has 0 fully saturated rings. The predicted octanol–water partition coefficient (Wildman–Crippen LogP) is 7.69. The van der Waals surface area contributed by atoms with Crippen LogP contribution in [-0.2, 0) is 0 Å². The molecule has 2 heterocycles. The molecule has 0 saturated carbocycles. The van der Waals surface area contributed by atoms with Gasteiger partial charge in [-0.15, -0.1) is 0 Å². The first-order chi connectivity index (χ1) is 15.8. The summed E-state index contributed by atoms with van der Waals surface area (Å²) in [5.74, 6) is 0.725. The van der Waals surface area contributed by atoms with Crippen LogP contribution in [0.4, 0.5) is 0 Å². The van der Waals surface area contributed by atoms with Crippen molar-refractivity contribution >= 4 is 21.9 Å². The van der Waals surface area contributed by atoms with Crippen LogP contribution in [0.3, 0.4) is 0 Å². The first kappa shape index (κ1) is 18.5. The molecule has 6 aromatic rings. The number of furan rings is 1. The van der Waals surface area contributed by atoms with Gasteiger partial charge in [-0.1, -0.05) is 78.9 Å². The molecule has 0 aliphatic heterocycles. The molecule has 6 rings (SSSR count). The number of para-hydroxylation sites is 1. The second-order valence-corrected chi connectivity index (χ2v) is 7.94. The molecule has 3 heteroatoms. The third-order valence-corrected chi connectivity index (χ3v) is 5.76. The maximum Gasteiger partial charge on any atom is 0.160 e. The zero-order chi connectivity index (χ0) is 21.5. The molecule has 4 aromatic carbocycles. The molecular weight excluding hydrogens is 392 g/mol. The monoisotopic (exact) mass is 412 g/mol. The van der Waals surface area contributed by atoms with Gasteiger partial charge in [0.05, 0.1) is 5.69 Å². The highest BCUT2D eigenvalue weighted by Crippen LogP contribution is 2.36. The Morgan fingerprint density at radius 1 is 0.594 bits per heavy atom. The fourth-order valence-electron chi connectivity index (χ4n) is 4.29. The summed E-state index contributed by atoms with van der Waals surface area (Å²) in [6.45, 7) is 2.02. The van der Waals surface area contributed by atoms with Gasteiger partial charge in [-0.25, -0.2) is 9.97 Å². The first-order valence-corrected chi connectivity index (χ1v) is 10.7. The number of hydrogen-bond acceptors (Lipinski definition) is 3. The van der Waals surface area contributed by atoms with Gasteiger partial charge in [0.15, 0.2) is 5.82 Å². The molecule has 0 unspecified atom stereocenters. The fraction of sp³-hybridized carbons (Fsp3) is 0.0345. The van der Waals surface area contributed by atoms with E-state index >= 15 is 0 Å². The first-order valence-electron chi connectivity index (χ1n) is 10.7. The average Bonchev–Trinajstić information content (AvgIpc) is 3.23. The number of fused-ring (bicyclic) bond motifs is 3. The lowest BCUT2D eigenvalue weighted by Crippen LogP contribution is -1.95. The lowest BCUT2D eigenvalue weighted by Gasteiger charge is -2.09. The summed E-state index contributed by atoms with van der Waals surface area (Å²) >= 11 is 0. The molecule has 0 saturated heterocycles. The Morgan fingerprint density at radius 2 is 1.31 bits per heavy atom. The standard InChI is InChI=1S/C29H20N2O/c1-19-17-25(23-14-8-16-27-28(23)24-13-5-6-15-26(24)32-27)31-29(30-19)22-12-7-11-21(18-22)20-9-3-2-4-10-20/h2-18H,1H3. The van der Waals surface area contributed by atoms with Crippen LogP contribution in [0.1, 0.15) is 5.69 Å². The summed E-state index contributed by atoms with van der Waals surface area (Å²) in [5.41, 5.74) is 7.97. The van der Waals surface area contributed by atoms with Crippen molar-refractivity contribution in [2.24, 2.45) is 0 Å². The Hall–Kier alpha value is -4.24. The average molecular weight is 412 g/mol. The fourth-order valence-corrected chi connectivity index (χ4v) is 4.29. The molecule has 3 nitrogen and oxygen atoms in total. The summed E-state index contributed by atoms with van der Waals surface area (Å²) in [6, 6.07) is 35.1. The van der Waals surface area contributed by atoms with Crippen LogP contribution >= 0.6 is 0 Å². The van der Waals surface area contributed by atoms with E-state index in [1.807, 2.05) is 49.4 Å². The third kappa shape index (κ3) is 3.15. The minimum absolute atomic E-state index is 0.725. The van der Waals surface area contributed by atoms with Crippen molar-refractivity contribution in [2.75, 3.05) is 0 Å². The van der Waals surface area contributed by atoms with Gasteiger partial charge < -0.3 is 4.42 Å². The molecule has 152 valence electrons. The largest absolute Gasteiger partial charge is 0.456 e. The van der Waals surface area contributed by atoms with Gasteiger partial charge in [-0.3, -0.25) is 0 Å². The maximum absolute atomic E-state index is 6.08. The molecule has 0 N–H and O–H groups in total. The van der Waals surface area contributed by atoms with E-state index < -0.39 is 0 Å². The molecule has 0 radical (unpaired) electrons. The van der Waals surface area contributed by atoms with E-state index in [2.05, 4.69) is 60.7 Å². The molecule has 0 aliphatic carbocycles. The van der Waals surface area contributed by atoms with Crippen LogP contribution in [-0.4, -0.2) is 9.97 Å². The second-order valence-electron chi connectivity index (χ2n) is 7.94. The summed E-state index contributed by atoms with van der Waals surface area (Å²) in [7, 11) is 0. The number of nitrogens with zero attached hydrogens (tertiary/aromatic N) is 2. The zero-order valence-corrected chi connectivity index (χ0v) is 17.6. The van der Waals surface area contributed by atoms with Crippen molar-refractivity contribution in [3.05, 3.63) is 109 Å². The van der Waals surface area contributed by atoms with Crippen LogP contribution in [0.2, 0.25) is 0 Å². The Labute approximate surface area is 186 Å². The SMILES string of the molecule is Cc1cc(-c2cccc3oc4ccccc4c23)nc(-c2cccc(-c3ccccc3)c2)n1. The van der Waals surface area contributed by atoms with Gasteiger partial charge in [-0.2, -0.15) is 0 Å². The van der Waals surface area contributed by atoms with Gasteiger partial charge in [0.2, 0.25) is 0 Å². The minimum atomic E-state index is 0.725. The van der Waals surface area contributed by atoms with Crippen LogP contribution in [0.5, 0.6) is 0 Å². The Bertz CT molecular complexity index is 1580. The summed E-state index contributed by atoms with van der Waals surface area (Å²) in [5, 5.41) is 2.19. The summed E-state index contributed by atoms with van der Waals surface area (Å²) < 4.78 is 6.08. The van der Waals surface area contributed by atoms with Crippen LogP contribution in [0, 0.1) is 6.92 Å². The van der Waals surface area contributed by atoms with Crippen molar-refractivity contribution < 1.29 is 4.42 Å². The molecule has 32 heavy (non-hydrogen) atoms. The molecule has 0 spiro atoms. The number of rotatable bonds is 3. The van der Waals surface area contributed by atoms with Crippen LogP contribution in [0.25, 0.3) is 55.7 Å². The number of hydrogen-bond donors (Lipinski definition) is 0. The normalized spacial score (nSPS) is 11.3. The molecular formula is C29H20N2O. The van der Waals surface area contributed by atoms with E-state index in [1.165, 1.54) is 5.56 Å². The lowest BCUT2D eigenvalue weighted by atomic mass is 10.0. The Kier molecular flexibility index (Phi) is 4.32. The van der Waals surface area contributed by atoms with Gasteiger partial charge in [-0.05, 0) is 42.3 Å². The number of aryl methyl sites for hydroxylation is 1. The van der Waals surface area contributed by atoms with Gasteiger partial charge in [0.1, 0.15) is 11.2 Å². The molecule has 0 bridgehead atoms. The van der Waals surface area contributed by atoms with Crippen LogP contribution in [0.15, 0.2) is 108 Å². The van der Waals surface area contributed by atoms with E-state index in [9.17, 15) is 0 Å². The Balaban J connectivity index is 1.53. The molecule has 2 aromatic heterocycles. The molecule has 0 aliphatic rings. The van der Waals surface area contributed by atoms with Crippen molar-refractivity contribution in [3.8, 4) is 33.8 Å². The maximum atomic E-state index is 6.08. The zero-order valence-electron chi connectivity index (χ0n) is 17.6. The predicted molar refractivity (Wildman–Crippen MR) is 130 cm³/mol. The molecule has 0 amide bonds. The highest BCUT2D eigenvalue weighted by atomic mass is 16.3. The van der Waals surface area contributed by atoms with Crippen molar-refractivity contribution in [1.82, 2.24) is 9.97 Å². The smallest absolute Gasteiger partial charge is 0.160 e. The summed E-state index contributed by atoms with van der Waals surface area (Å²) in [6.07, 6.45) is 0. The Morgan fingerprint density at radius 3 is 2.22 bits per heavy atom. The van der Waals surface area contributed by atoms with Gasteiger partial charge in [0, 0.05) is 27.6 Å². The topological polar surface area (TPSA) is 38.9 Å². The quantitative estimate of drug-likeness (QED) is 0.299. The minimum Gasteiger partial charge on any atom is -0.456 e. The number of benzene rings is 4. The second kappa shape index (κ2) is 7.47. The summed E-state index contributed by atoms with van der Waals surface area (Å²) in [4.78, 5) is 9.75. The highest BCUT2D eigenvalue weighted by molar-refractivity contribution is 6.12. The van der Waals surface area contributed by atoms with E-state index in [0.717, 1.165) is 55.8 Å². The van der Waals surface area contributed by atoms with Gasteiger partial charge in [0.25, 0.3) is 0 Å². The van der Waals surface area contributed by atoms with Crippen LogP contribution < -0.4 is 0 Å². The van der Waals surface area contributed by atoms with E-state index in [4.69, 9.17) is 14.4 Å². The van der Waals surface area contributed by atoms with E-state index in [-0.39, 0.29) is 0 Å². The number of aromatic nitrogens is 2. The molecule has 0 atom stereocenters. The van der Waals surface area contributed by atoms with E-state index in [1.54, 1.807) is 0 Å². The van der Waals surface area contributed by atoms with Gasteiger partial charge >= 0.3 is 0 Å². The van der Waals surface area contributed by atoms with E-state index in [0.29, 0.717) is 0 Å². The van der Waals surface area contributed by atoms with Crippen molar-refractivity contribution in [1.29, 1.82) is 0 Å². The lowest BCUT2D eigenvalue weighted by molar-refractivity contribution is 0.669. The third-order valence-electron chi connectivity index (χ3n) is 5.76. The van der Waals surface area contributed by atoms with Crippen molar-refractivity contribution in [3.63, 3.8) is 0 Å². The highest BCUT2D eigenvalue weighted by Gasteiger charge is 2.15.